The molecule has 0 radical (unpaired) electrons. The smallest absolute Gasteiger partial charge is 0.0672 e. The number of hydrogen-bond donors (Lipinski definition) is 3. The van der Waals surface area contributed by atoms with Crippen LogP contribution in [0.5, 0.6) is 0 Å². The van der Waals surface area contributed by atoms with Gasteiger partial charge in [-0.15, -0.1) is 0 Å². The van der Waals surface area contributed by atoms with Gasteiger partial charge >= 0.3 is 0 Å². The summed E-state index contributed by atoms with van der Waals surface area (Å²) in [4.78, 5) is 4.02. The number of anilines is 2. The molecule has 1 atom stereocenters. The van der Waals surface area contributed by atoms with Crippen molar-refractivity contribution in [2.24, 2.45) is 0 Å². The maximum atomic E-state index is 6.06. The van der Waals surface area contributed by atoms with E-state index in [2.05, 4.69) is 27.4 Å². The number of benzene rings is 1. The molecule has 19 heavy (non-hydrogen) atoms. The van der Waals surface area contributed by atoms with Crippen molar-refractivity contribution in [3.63, 3.8) is 0 Å². The van der Waals surface area contributed by atoms with Gasteiger partial charge in [0.15, 0.2) is 0 Å². The van der Waals surface area contributed by atoms with Gasteiger partial charge in [-0.05, 0) is 36.8 Å². The van der Waals surface area contributed by atoms with Crippen LogP contribution < -0.4 is 11.1 Å². The van der Waals surface area contributed by atoms with Crippen molar-refractivity contribution in [3.8, 4) is 0 Å². The fraction of sp³-hybridized carbons (Fsp3) is 0.143. The summed E-state index contributed by atoms with van der Waals surface area (Å²) in [6, 6.07) is 8.03. The van der Waals surface area contributed by atoms with Crippen molar-refractivity contribution in [2.45, 2.75) is 13.0 Å². The molecule has 96 valence electrons. The minimum Gasteiger partial charge on any atom is -0.397 e. The van der Waals surface area contributed by atoms with Crippen LogP contribution in [0.25, 0.3) is 10.9 Å². The van der Waals surface area contributed by atoms with Crippen LogP contribution >= 0.6 is 0 Å². The number of pyridine rings is 1. The Labute approximate surface area is 110 Å². The Morgan fingerprint density at radius 2 is 2.05 bits per heavy atom. The van der Waals surface area contributed by atoms with E-state index in [0.717, 1.165) is 22.3 Å². The van der Waals surface area contributed by atoms with Gasteiger partial charge in [-0.1, -0.05) is 0 Å². The molecule has 4 N–H and O–H groups in total. The quantitative estimate of drug-likeness (QED) is 0.627. The Morgan fingerprint density at radius 3 is 2.84 bits per heavy atom. The first-order valence-electron chi connectivity index (χ1n) is 6.13. The molecule has 5 nitrogen and oxygen atoms in total. The number of hydrogen-bond acceptors (Lipinski definition) is 4. The van der Waals surface area contributed by atoms with E-state index in [1.54, 1.807) is 18.6 Å². The lowest BCUT2D eigenvalue weighted by Crippen LogP contribution is -2.08. The maximum Gasteiger partial charge on any atom is 0.0672 e. The number of nitrogens with one attached hydrogen (secondary N) is 2. The highest BCUT2D eigenvalue weighted by atomic mass is 15.1. The van der Waals surface area contributed by atoms with Crippen molar-refractivity contribution in [2.75, 3.05) is 11.1 Å². The lowest BCUT2D eigenvalue weighted by atomic mass is 10.1. The third kappa shape index (κ3) is 2.22. The molecule has 0 bridgehead atoms. The summed E-state index contributed by atoms with van der Waals surface area (Å²) in [7, 11) is 0. The molecule has 2 heterocycles. The summed E-state index contributed by atoms with van der Waals surface area (Å²) in [6.45, 7) is 2.09. The van der Waals surface area contributed by atoms with Crippen LogP contribution in [0.3, 0.4) is 0 Å². The van der Waals surface area contributed by atoms with E-state index >= 15 is 0 Å². The van der Waals surface area contributed by atoms with Gasteiger partial charge in [0.2, 0.25) is 0 Å². The third-order valence-electron chi connectivity index (χ3n) is 3.19. The van der Waals surface area contributed by atoms with E-state index in [1.165, 1.54) is 5.56 Å². The standard InChI is InChI=1S/C14H15N5/c1-9(10-2-4-16-5-3-10)18-14-7-13-11(6-12(14)15)8-17-19-13/h2-9,18H,15H2,1H3,(H,17,19). The summed E-state index contributed by atoms with van der Waals surface area (Å²) in [5.74, 6) is 0. The predicted molar refractivity (Wildman–Crippen MR) is 76.8 cm³/mol. The highest BCUT2D eigenvalue weighted by molar-refractivity contribution is 5.88. The van der Waals surface area contributed by atoms with E-state index in [1.807, 2.05) is 24.3 Å². The van der Waals surface area contributed by atoms with Crippen LogP contribution in [0.2, 0.25) is 0 Å². The lowest BCUT2D eigenvalue weighted by molar-refractivity contribution is 0.882. The lowest BCUT2D eigenvalue weighted by Gasteiger charge is -2.17. The Kier molecular flexibility index (Phi) is 2.79. The average molecular weight is 253 g/mol. The largest absolute Gasteiger partial charge is 0.397 e. The zero-order valence-corrected chi connectivity index (χ0v) is 10.6. The monoisotopic (exact) mass is 253 g/mol. The van der Waals surface area contributed by atoms with Crippen molar-refractivity contribution in [3.05, 3.63) is 48.4 Å². The summed E-state index contributed by atoms with van der Waals surface area (Å²) >= 11 is 0. The fourth-order valence-corrected chi connectivity index (χ4v) is 2.10. The highest BCUT2D eigenvalue weighted by Crippen LogP contribution is 2.28. The molecule has 0 spiro atoms. The molecule has 0 fully saturated rings. The first-order valence-corrected chi connectivity index (χ1v) is 6.13. The Balaban J connectivity index is 1.90. The van der Waals surface area contributed by atoms with Gasteiger partial charge < -0.3 is 11.1 Å². The predicted octanol–water partition coefficient (Wildman–Crippen LogP) is 2.71. The summed E-state index contributed by atoms with van der Waals surface area (Å²) in [6.07, 6.45) is 5.34. The van der Waals surface area contributed by atoms with E-state index in [4.69, 9.17) is 5.73 Å². The van der Waals surface area contributed by atoms with Crippen molar-refractivity contribution in [1.29, 1.82) is 0 Å². The number of H-pyrrole nitrogens is 1. The summed E-state index contributed by atoms with van der Waals surface area (Å²) in [5.41, 5.74) is 9.81. The van der Waals surface area contributed by atoms with Gasteiger partial charge in [-0.2, -0.15) is 5.10 Å². The van der Waals surface area contributed by atoms with E-state index in [0.29, 0.717) is 0 Å². The van der Waals surface area contributed by atoms with E-state index < -0.39 is 0 Å². The molecular weight excluding hydrogens is 238 g/mol. The topological polar surface area (TPSA) is 79.6 Å². The van der Waals surface area contributed by atoms with Gasteiger partial charge in [0.25, 0.3) is 0 Å². The molecule has 0 saturated heterocycles. The third-order valence-corrected chi connectivity index (χ3v) is 3.19. The molecule has 0 aliphatic heterocycles. The molecule has 0 aliphatic carbocycles. The Morgan fingerprint density at radius 1 is 1.26 bits per heavy atom. The van der Waals surface area contributed by atoms with Crippen LogP contribution in [0, 0.1) is 0 Å². The minimum absolute atomic E-state index is 0.158. The zero-order chi connectivity index (χ0) is 13.2. The molecule has 0 aliphatic rings. The molecule has 1 unspecified atom stereocenters. The van der Waals surface area contributed by atoms with Gasteiger partial charge in [0.1, 0.15) is 0 Å². The van der Waals surface area contributed by atoms with E-state index in [-0.39, 0.29) is 6.04 Å². The first kappa shape index (κ1) is 11.5. The van der Waals surface area contributed by atoms with Gasteiger partial charge in [-0.25, -0.2) is 0 Å². The minimum atomic E-state index is 0.158. The molecule has 0 amide bonds. The van der Waals surface area contributed by atoms with Crippen molar-refractivity contribution in [1.82, 2.24) is 15.2 Å². The van der Waals surface area contributed by atoms with Gasteiger partial charge in [0.05, 0.1) is 23.1 Å². The molecule has 5 heteroatoms. The Hall–Kier alpha value is -2.56. The number of aromatic amines is 1. The first-order chi connectivity index (χ1) is 9.24. The molecule has 2 aromatic heterocycles. The van der Waals surface area contributed by atoms with Gasteiger partial charge in [-0.3, -0.25) is 10.1 Å². The number of nitrogen functional groups attached to an aromatic ring is 1. The molecular formula is C14H15N5. The van der Waals surface area contributed by atoms with Crippen LogP contribution in [0.4, 0.5) is 11.4 Å². The Bertz CT molecular complexity index is 689. The zero-order valence-electron chi connectivity index (χ0n) is 10.6. The van der Waals surface area contributed by atoms with E-state index in [9.17, 15) is 0 Å². The van der Waals surface area contributed by atoms with Crippen LogP contribution in [-0.4, -0.2) is 15.2 Å². The molecule has 3 aromatic rings. The number of nitrogens with zero attached hydrogens (tertiary/aromatic N) is 2. The van der Waals surface area contributed by atoms with Crippen LogP contribution in [0.1, 0.15) is 18.5 Å². The SMILES string of the molecule is CC(Nc1cc2[nH]ncc2cc1N)c1ccncc1. The molecule has 0 saturated carbocycles. The highest BCUT2D eigenvalue weighted by Gasteiger charge is 2.08. The van der Waals surface area contributed by atoms with Gasteiger partial charge in [0, 0.05) is 23.8 Å². The summed E-state index contributed by atoms with van der Waals surface area (Å²) in [5, 5.41) is 11.4. The number of rotatable bonds is 3. The molecule has 3 rings (SSSR count). The fourth-order valence-electron chi connectivity index (χ4n) is 2.10. The second-order valence-electron chi connectivity index (χ2n) is 4.54. The van der Waals surface area contributed by atoms with Crippen molar-refractivity contribution < 1.29 is 0 Å². The number of fused-ring (bicyclic) bond motifs is 1. The maximum absolute atomic E-state index is 6.06. The summed E-state index contributed by atoms with van der Waals surface area (Å²) < 4.78 is 0. The molecule has 1 aromatic carbocycles. The normalized spacial score (nSPS) is 12.5. The van der Waals surface area contributed by atoms with Crippen LogP contribution in [-0.2, 0) is 0 Å². The number of nitrogens with two attached hydrogens (primary N) is 1. The second-order valence-corrected chi connectivity index (χ2v) is 4.54. The van der Waals surface area contributed by atoms with Crippen molar-refractivity contribution >= 4 is 22.3 Å². The number of aromatic nitrogens is 3. The second kappa shape index (κ2) is 4.61. The van der Waals surface area contributed by atoms with Crippen LogP contribution in [0.15, 0.2) is 42.9 Å². The average Bonchev–Trinajstić information content (AvgIpc) is 2.87.